The summed E-state index contributed by atoms with van der Waals surface area (Å²) in [5, 5.41) is 4.16. The summed E-state index contributed by atoms with van der Waals surface area (Å²) in [7, 11) is 0. The van der Waals surface area contributed by atoms with E-state index in [4.69, 9.17) is 16.3 Å². The number of aromatic nitrogens is 2. The number of esters is 1. The van der Waals surface area contributed by atoms with E-state index in [-0.39, 0.29) is 11.3 Å². The number of fused-ring (bicyclic) bond motifs is 1. The Kier molecular flexibility index (Phi) is 5.00. The predicted molar refractivity (Wildman–Crippen MR) is 86.4 cm³/mol. The molecule has 2 aromatic rings. The molecule has 0 saturated heterocycles. The zero-order valence-corrected chi connectivity index (χ0v) is 14.1. The van der Waals surface area contributed by atoms with Gasteiger partial charge < -0.3 is 10.1 Å². The van der Waals surface area contributed by atoms with Gasteiger partial charge in [0.1, 0.15) is 15.5 Å². The molecule has 2 aromatic heterocycles. The molecule has 0 fully saturated rings. The Morgan fingerprint density at radius 3 is 2.76 bits per heavy atom. The van der Waals surface area contributed by atoms with Crippen molar-refractivity contribution in [2.24, 2.45) is 5.92 Å². The molecule has 1 N–H and O–H groups in total. The van der Waals surface area contributed by atoms with E-state index in [1.165, 1.54) is 11.3 Å². The molecule has 0 aliphatic rings. The molecule has 2 heterocycles. The maximum atomic E-state index is 12.2. The number of thiophene rings is 1. The number of anilines is 1. The van der Waals surface area contributed by atoms with Crippen molar-refractivity contribution < 1.29 is 9.53 Å². The van der Waals surface area contributed by atoms with Crippen LogP contribution in [0.2, 0.25) is 5.28 Å². The highest BCUT2D eigenvalue weighted by Gasteiger charge is 2.21. The molecule has 0 saturated carbocycles. The maximum absolute atomic E-state index is 12.2. The quantitative estimate of drug-likeness (QED) is 0.666. The molecular weight excluding hydrogens is 310 g/mol. The van der Waals surface area contributed by atoms with Crippen molar-refractivity contribution in [3.8, 4) is 0 Å². The highest BCUT2D eigenvalue weighted by atomic mass is 35.5. The van der Waals surface area contributed by atoms with Crippen molar-refractivity contribution in [3.05, 3.63) is 15.7 Å². The first kappa shape index (κ1) is 16.0. The number of nitrogens with zero attached hydrogens (tertiary/aromatic N) is 2. The van der Waals surface area contributed by atoms with Crippen LogP contribution in [0.1, 0.15) is 36.0 Å². The van der Waals surface area contributed by atoms with Gasteiger partial charge in [0.2, 0.25) is 5.28 Å². The number of aryl methyl sites for hydroxylation is 1. The minimum Gasteiger partial charge on any atom is -0.461 e. The fourth-order valence-corrected chi connectivity index (χ4v) is 3.20. The van der Waals surface area contributed by atoms with Gasteiger partial charge in [0.15, 0.2) is 0 Å². The molecule has 0 spiro atoms. The largest absolute Gasteiger partial charge is 0.461 e. The van der Waals surface area contributed by atoms with Crippen molar-refractivity contribution in [3.63, 3.8) is 0 Å². The van der Waals surface area contributed by atoms with Gasteiger partial charge >= 0.3 is 5.97 Å². The first-order valence-corrected chi connectivity index (χ1v) is 8.01. The van der Waals surface area contributed by atoms with E-state index in [0.717, 1.165) is 10.9 Å². The average Bonchev–Trinajstić information content (AvgIpc) is 2.73. The Bertz CT molecular complexity index is 670. The number of halogens is 1. The number of carbonyl (C=O) groups is 1. The van der Waals surface area contributed by atoms with Crippen LogP contribution in [-0.4, -0.2) is 29.1 Å². The summed E-state index contributed by atoms with van der Waals surface area (Å²) in [6.45, 7) is 8.97. The lowest BCUT2D eigenvalue weighted by atomic mass is 10.2. The predicted octanol–water partition coefficient (Wildman–Crippen LogP) is 3.90. The van der Waals surface area contributed by atoms with Crippen LogP contribution in [0.3, 0.4) is 0 Å². The molecule has 0 aromatic carbocycles. The zero-order chi connectivity index (χ0) is 15.6. The van der Waals surface area contributed by atoms with Crippen molar-refractivity contribution >= 4 is 44.9 Å². The van der Waals surface area contributed by atoms with E-state index in [1.54, 1.807) is 0 Å². The third-order valence-electron chi connectivity index (χ3n) is 2.84. The molecule has 0 unspecified atom stereocenters. The highest BCUT2D eigenvalue weighted by molar-refractivity contribution is 7.20. The van der Waals surface area contributed by atoms with Gasteiger partial charge in [0.05, 0.1) is 12.0 Å². The summed E-state index contributed by atoms with van der Waals surface area (Å²) in [6.07, 6.45) is 0. The van der Waals surface area contributed by atoms with Gasteiger partial charge in [-0.25, -0.2) is 14.8 Å². The Morgan fingerprint density at radius 1 is 1.43 bits per heavy atom. The summed E-state index contributed by atoms with van der Waals surface area (Å²) in [5.41, 5.74) is 0.830. The molecule has 0 aliphatic heterocycles. The lowest BCUT2D eigenvalue weighted by molar-refractivity contribution is 0.0464. The van der Waals surface area contributed by atoms with Crippen LogP contribution in [0.15, 0.2) is 0 Å². The summed E-state index contributed by atoms with van der Waals surface area (Å²) < 4.78 is 5.30. The topological polar surface area (TPSA) is 64.1 Å². The minimum absolute atomic E-state index is 0.168. The number of rotatable bonds is 5. The van der Waals surface area contributed by atoms with Gasteiger partial charge in [-0.3, -0.25) is 0 Å². The third-order valence-corrected chi connectivity index (χ3v) is 4.18. The molecule has 0 atom stereocenters. The molecule has 2 rings (SSSR count). The molecule has 114 valence electrons. The Morgan fingerprint density at radius 2 is 2.14 bits per heavy atom. The summed E-state index contributed by atoms with van der Waals surface area (Å²) in [4.78, 5) is 21.8. The molecule has 0 amide bonds. The lowest BCUT2D eigenvalue weighted by Gasteiger charge is -2.07. The van der Waals surface area contributed by atoms with Crippen molar-refractivity contribution in [2.75, 3.05) is 18.5 Å². The van der Waals surface area contributed by atoms with E-state index in [2.05, 4.69) is 15.3 Å². The summed E-state index contributed by atoms with van der Waals surface area (Å²) in [5.74, 6) is 0.641. The van der Waals surface area contributed by atoms with Crippen LogP contribution in [0, 0.1) is 12.8 Å². The lowest BCUT2D eigenvalue weighted by Crippen LogP contribution is -2.09. The van der Waals surface area contributed by atoms with Crippen LogP contribution in [0.25, 0.3) is 10.2 Å². The van der Waals surface area contributed by atoms with Gasteiger partial charge in [-0.1, -0.05) is 13.8 Å². The van der Waals surface area contributed by atoms with Crippen LogP contribution in [-0.2, 0) is 4.74 Å². The Balaban J connectivity index is 2.45. The summed E-state index contributed by atoms with van der Waals surface area (Å²) in [6, 6.07) is 0. The number of hydrogen-bond acceptors (Lipinski definition) is 6. The Hall–Kier alpha value is -1.40. The van der Waals surface area contributed by atoms with Gasteiger partial charge in [0, 0.05) is 6.54 Å². The standard InChI is InChI=1S/C14H18ClN3O2S/c1-5-16-11-9-8(4)10(13(19)20-6-7(2)3)21-12(9)18-14(15)17-11/h7H,5-6H2,1-4H3,(H,16,17,18). The molecule has 0 bridgehead atoms. The van der Waals surface area contributed by atoms with Crippen LogP contribution in [0.5, 0.6) is 0 Å². The molecule has 7 heteroatoms. The molecular formula is C14H18ClN3O2S. The smallest absolute Gasteiger partial charge is 0.348 e. The van der Waals surface area contributed by atoms with Crippen LogP contribution < -0.4 is 5.32 Å². The summed E-state index contributed by atoms with van der Waals surface area (Å²) >= 11 is 7.22. The van der Waals surface area contributed by atoms with E-state index in [9.17, 15) is 4.79 Å². The number of ether oxygens (including phenoxy) is 1. The first-order chi connectivity index (χ1) is 9.93. The zero-order valence-electron chi connectivity index (χ0n) is 12.5. The van der Waals surface area contributed by atoms with Crippen LogP contribution in [0.4, 0.5) is 5.82 Å². The molecule has 21 heavy (non-hydrogen) atoms. The second-order valence-electron chi connectivity index (χ2n) is 5.10. The third kappa shape index (κ3) is 3.44. The fourth-order valence-electron chi connectivity index (χ4n) is 1.91. The fraction of sp³-hybridized carbons (Fsp3) is 0.500. The van der Waals surface area contributed by atoms with Gasteiger partial charge in [-0.05, 0) is 36.9 Å². The minimum atomic E-state index is -0.317. The Labute approximate surface area is 132 Å². The van der Waals surface area contributed by atoms with Gasteiger partial charge in [-0.15, -0.1) is 11.3 Å². The van der Waals surface area contributed by atoms with Crippen molar-refractivity contribution in [1.29, 1.82) is 0 Å². The SMILES string of the molecule is CCNc1nc(Cl)nc2sc(C(=O)OCC(C)C)c(C)c12. The number of hydrogen-bond donors (Lipinski definition) is 1. The van der Waals surface area contributed by atoms with Crippen LogP contribution >= 0.6 is 22.9 Å². The first-order valence-electron chi connectivity index (χ1n) is 6.81. The van der Waals surface area contributed by atoms with Gasteiger partial charge in [-0.2, -0.15) is 0 Å². The number of carbonyl (C=O) groups excluding carboxylic acids is 1. The van der Waals surface area contributed by atoms with E-state index in [0.29, 0.717) is 34.6 Å². The van der Waals surface area contributed by atoms with Crippen molar-refractivity contribution in [1.82, 2.24) is 9.97 Å². The normalized spacial score (nSPS) is 11.1. The van der Waals surface area contributed by atoms with E-state index < -0.39 is 0 Å². The average molecular weight is 328 g/mol. The second kappa shape index (κ2) is 6.58. The van der Waals surface area contributed by atoms with E-state index in [1.807, 2.05) is 27.7 Å². The maximum Gasteiger partial charge on any atom is 0.348 e. The second-order valence-corrected chi connectivity index (χ2v) is 6.44. The monoisotopic (exact) mass is 327 g/mol. The molecule has 0 aliphatic carbocycles. The highest BCUT2D eigenvalue weighted by Crippen LogP contribution is 2.35. The molecule has 0 radical (unpaired) electrons. The van der Waals surface area contributed by atoms with Crippen molar-refractivity contribution in [2.45, 2.75) is 27.7 Å². The van der Waals surface area contributed by atoms with E-state index >= 15 is 0 Å². The number of nitrogens with one attached hydrogen (secondary N) is 1. The molecule has 5 nitrogen and oxygen atoms in total. The van der Waals surface area contributed by atoms with Gasteiger partial charge in [0.25, 0.3) is 0 Å².